The summed E-state index contributed by atoms with van der Waals surface area (Å²) >= 11 is 0. The first-order chi connectivity index (χ1) is 9.54. The SMILES string of the molecule is C=CC(=O)N(CCCCCC(=O)OC)CC(=O)OCC. The average molecular weight is 285 g/mol. The maximum Gasteiger partial charge on any atom is 0.325 e. The van der Waals surface area contributed by atoms with Gasteiger partial charge in [-0.2, -0.15) is 0 Å². The molecule has 6 heteroatoms. The molecule has 0 aliphatic carbocycles. The molecule has 0 radical (unpaired) electrons. The minimum atomic E-state index is -0.433. The highest BCUT2D eigenvalue weighted by Gasteiger charge is 2.15. The van der Waals surface area contributed by atoms with Crippen LogP contribution in [0.5, 0.6) is 0 Å². The zero-order chi connectivity index (χ0) is 15.4. The third-order valence-electron chi connectivity index (χ3n) is 2.65. The number of rotatable bonds is 10. The Morgan fingerprint density at radius 2 is 1.85 bits per heavy atom. The van der Waals surface area contributed by atoms with Gasteiger partial charge in [-0.15, -0.1) is 0 Å². The van der Waals surface area contributed by atoms with Gasteiger partial charge in [-0.05, 0) is 25.8 Å². The molecule has 1 amide bonds. The second-order valence-electron chi connectivity index (χ2n) is 4.16. The molecule has 0 aromatic carbocycles. The molecule has 0 unspecified atom stereocenters. The molecule has 0 aliphatic rings. The molecular weight excluding hydrogens is 262 g/mol. The van der Waals surface area contributed by atoms with E-state index < -0.39 is 5.97 Å². The molecule has 0 rings (SSSR count). The number of ether oxygens (including phenoxy) is 2. The molecule has 0 spiro atoms. The van der Waals surface area contributed by atoms with Gasteiger partial charge in [-0.25, -0.2) is 0 Å². The van der Waals surface area contributed by atoms with Crippen LogP contribution >= 0.6 is 0 Å². The molecule has 0 aromatic heterocycles. The zero-order valence-electron chi connectivity index (χ0n) is 12.2. The van der Waals surface area contributed by atoms with E-state index in [4.69, 9.17) is 4.74 Å². The van der Waals surface area contributed by atoms with E-state index in [0.717, 1.165) is 6.42 Å². The van der Waals surface area contributed by atoms with Crippen LogP contribution in [-0.4, -0.2) is 49.6 Å². The maximum absolute atomic E-state index is 11.6. The molecule has 6 nitrogen and oxygen atoms in total. The minimum absolute atomic E-state index is 0.0737. The van der Waals surface area contributed by atoms with Crippen molar-refractivity contribution in [3.8, 4) is 0 Å². The van der Waals surface area contributed by atoms with E-state index in [0.29, 0.717) is 25.8 Å². The summed E-state index contributed by atoms with van der Waals surface area (Å²) in [5.74, 6) is -0.973. The lowest BCUT2D eigenvalue weighted by molar-refractivity contribution is -0.147. The smallest absolute Gasteiger partial charge is 0.325 e. The van der Waals surface area contributed by atoms with Gasteiger partial charge < -0.3 is 14.4 Å². The van der Waals surface area contributed by atoms with Gasteiger partial charge in [0.25, 0.3) is 0 Å². The Morgan fingerprint density at radius 1 is 1.15 bits per heavy atom. The monoisotopic (exact) mass is 285 g/mol. The minimum Gasteiger partial charge on any atom is -0.469 e. The molecule has 114 valence electrons. The van der Waals surface area contributed by atoms with E-state index >= 15 is 0 Å². The topological polar surface area (TPSA) is 72.9 Å². The van der Waals surface area contributed by atoms with Crippen molar-refractivity contribution in [2.24, 2.45) is 0 Å². The summed E-state index contributed by atoms with van der Waals surface area (Å²) in [5.41, 5.74) is 0. The van der Waals surface area contributed by atoms with E-state index in [-0.39, 0.29) is 25.0 Å². The van der Waals surface area contributed by atoms with E-state index in [1.54, 1.807) is 6.92 Å². The summed E-state index contributed by atoms with van der Waals surface area (Å²) in [6.07, 6.45) is 3.72. The molecule has 0 bridgehead atoms. The van der Waals surface area contributed by atoms with Crippen LogP contribution in [0.2, 0.25) is 0 Å². The van der Waals surface area contributed by atoms with Gasteiger partial charge in [0, 0.05) is 13.0 Å². The number of amides is 1. The summed E-state index contributed by atoms with van der Waals surface area (Å²) in [4.78, 5) is 35.3. The van der Waals surface area contributed by atoms with Gasteiger partial charge in [-0.3, -0.25) is 14.4 Å². The van der Waals surface area contributed by atoms with Gasteiger partial charge >= 0.3 is 11.9 Å². The zero-order valence-corrected chi connectivity index (χ0v) is 12.2. The molecule has 0 N–H and O–H groups in total. The van der Waals surface area contributed by atoms with Crippen molar-refractivity contribution >= 4 is 17.8 Å². The number of hydrogen-bond donors (Lipinski definition) is 0. The van der Waals surface area contributed by atoms with Gasteiger partial charge in [0.15, 0.2) is 0 Å². The molecule has 0 heterocycles. The lowest BCUT2D eigenvalue weighted by atomic mass is 10.2. The van der Waals surface area contributed by atoms with Gasteiger partial charge in [0.1, 0.15) is 6.54 Å². The molecule has 0 aromatic rings. The van der Waals surface area contributed by atoms with Crippen LogP contribution in [-0.2, 0) is 23.9 Å². The Balaban J connectivity index is 4.05. The van der Waals surface area contributed by atoms with Crippen LogP contribution in [0.15, 0.2) is 12.7 Å². The third kappa shape index (κ3) is 8.29. The number of nitrogens with zero attached hydrogens (tertiary/aromatic N) is 1. The van der Waals surface area contributed by atoms with E-state index in [1.165, 1.54) is 18.1 Å². The number of carbonyl (C=O) groups is 3. The Kier molecular flexibility index (Phi) is 10.00. The molecular formula is C14H23NO5. The molecule has 0 aliphatic heterocycles. The predicted octanol–water partition coefficient (Wildman–Crippen LogP) is 1.30. The highest BCUT2D eigenvalue weighted by molar-refractivity contribution is 5.89. The van der Waals surface area contributed by atoms with Crippen LogP contribution in [0, 0.1) is 0 Å². The van der Waals surface area contributed by atoms with Crippen LogP contribution < -0.4 is 0 Å². The summed E-state index contributed by atoms with van der Waals surface area (Å²) in [6, 6.07) is 0. The van der Waals surface area contributed by atoms with Gasteiger partial charge in [0.05, 0.1) is 13.7 Å². The maximum atomic E-state index is 11.6. The molecule has 0 atom stereocenters. The van der Waals surface area contributed by atoms with Crippen molar-refractivity contribution in [1.82, 2.24) is 4.90 Å². The first-order valence-corrected chi connectivity index (χ1v) is 6.68. The van der Waals surface area contributed by atoms with E-state index in [9.17, 15) is 14.4 Å². The van der Waals surface area contributed by atoms with Gasteiger partial charge in [-0.1, -0.05) is 13.0 Å². The number of esters is 2. The number of unbranched alkanes of at least 4 members (excludes halogenated alkanes) is 2. The summed E-state index contributed by atoms with van der Waals surface area (Å²) in [7, 11) is 1.35. The fourth-order valence-corrected chi connectivity index (χ4v) is 1.61. The lowest BCUT2D eigenvalue weighted by Crippen LogP contribution is -2.36. The quantitative estimate of drug-likeness (QED) is 0.343. The fraction of sp³-hybridized carbons (Fsp3) is 0.643. The second kappa shape index (κ2) is 11.0. The van der Waals surface area contributed by atoms with Gasteiger partial charge in [0.2, 0.25) is 5.91 Å². The van der Waals surface area contributed by atoms with Crippen molar-refractivity contribution < 1.29 is 23.9 Å². The Bertz CT molecular complexity index is 340. The lowest BCUT2D eigenvalue weighted by Gasteiger charge is -2.19. The highest BCUT2D eigenvalue weighted by atomic mass is 16.5. The number of methoxy groups -OCH3 is 1. The van der Waals surface area contributed by atoms with Crippen LogP contribution in [0.25, 0.3) is 0 Å². The van der Waals surface area contributed by atoms with Crippen molar-refractivity contribution in [2.45, 2.75) is 32.6 Å². The predicted molar refractivity (Wildman–Crippen MR) is 73.9 cm³/mol. The van der Waals surface area contributed by atoms with Crippen LogP contribution in [0.1, 0.15) is 32.6 Å². The van der Waals surface area contributed by atoms with Crippen molar-refractivity contribution in [1.29, 1.82) is 0 Å². The number of hydrogen-bond acceptors (Lipinski definition) is 5. The third-order valence-corrected chi connectivity index (χ3v) is 2.65. The van der Waals surface area contributed by atoms with Crippen molar-refractivity contribution in [2.75, 3.05) is 26.8 Å². The normalized spacial score (nSPS) is 9.70. The Hall–Kier alpha value is -1.85. The van der Waals surface area contributed by atoms with Crippen LogP contribution in [0.4, 0.5) is 0 Å². The highest BCUT2D eigenvalue weighted by Crippen LogP contribution is 2.04. The first kappa shape index (κ1) is 18.1. The average Bonchev–Trinajstić information content (AvgIpc) is 2.44. The first-order valence-electron chi connectivity index (χ1n) is 6.68. The van der Waals surface area contributed by atoms with Crippen molar-refractivity contribution in [3.63, 3.8) is 0 Å². The van der Waals surface area contributed by atoms with Crippen LogP contribution in [0.3, 0.4) is 0 Å². The summed E-state index contributed by atoms with van der Waals surface area (Å²) in [5, 5.41) is 0. The Labute approximate surface area is 119 Å². The summed E-state index contributed by atoms with van der Waals surface area (Å²) in [6.45, 7) is 5.77. The molecule has 0 saturated carbocycles. The molecule has 0 fully saturated rings. The summed E-state index contributed by atoms with van der Waals surface area (Å²) < 4.78 is 9.35. The largest absolute Gasteiger partial charge is 0.469 e. The van der Waals surface area contributed by atoms with E-state index in [2.05, 4.69) is 11.3 Å². The standard InChI is InChI=1S/C14H23NO5/c1-4-12(16)15(11-14(18)20-5-2)10-8-6-7-9-13(17)19-3/h4H,1,5-11H2,2-3H3. The second-order valence-corrected chi connectivity index (χ2v) is 4.16. The Morgan fingerprint density at radius 3 is 2.40 bits per heavy atom. The van der Waals surface area contributed by atoms with E-state index in [1.807, 2.05) is 0 Å². The van der Waals surface area contributed by atoms with Crippen molar-refractivity contribution in [3.05, 3.63) is 12.7 Å². The fourth-order valence-electron chi connectivity index (χ4n) is 1.61. The number of carbonyl (C=O) groups excluding carboxylic acids is 3. The molecule has 20 heavy (non-hydrogen) atoms. The molecule has 0 saturated heterocycles.